The second-order valence-corrected chi connectivity index (χ2v) is 6.44. The highest BCUT2D eigenvalue weighted by molar-refractivity contribution is 5.79. The maximum atomic E-state index is 12.0. The Bertz CT molecular complexity index is 764. The van der Waals surface area contributed by atoms with Gasteiger partial charge < -0.3 is 15.2 Å². The molecule has 0 heterocycles. The van der Waals surface area contributed by atoms with Crippen LogP contribution in [0, 0.1) is 12.3 Å². The van der Waals surface area contributed by atoms with Gasteiger partial charge in [-0.05, 0) is 35.1 Å². The molecule has 26 heavy (non-hydrogen) atoms. The number of amides is 1. The van der Waals surface area contributed by atoms with E-state index in [2.05, 4.69) is 35.5 Å². The third-order valence-electron chi connectivity index (χ3n) is 4.71. The second kappa shape index (κ2) is 8.55. The number of nitrogens with one attached hydrogen (secondary N) is 1. The van der Waals surface area contributed by atoms with Crippen molar-refractivity contribution >= 4 is 6.09 Å². The number of carbonyl (C=O) groups is 1. The Morgan fingerprint density at radius 1 is 1.12 bits per heavy atom. The van der Waals surface area contributed by atoms with Crippen LogP contribution in [0.3, 0.4) is 0 Å². The van der Waals surface area contributed by atoms with Crippen molar-refractivity contribution in [3.63, 3.8) is 0 Å². The SMILES string of the molecule is C#CCCC(O)CCNC(=O)OCC1c2ccccc2-c2ccccc21. The first-order valence-corrected chi connectivity index (χ1v) is 8.91. The van der Waals surface area contributed by atoms with Crippen molar-refractivity contribution in [2.24, 2.45) is 0 Å². The number of benzene rings is 2. The third kappa shape index (κ3) is 4.07. The van der Waals surface area contributed by atoms with Crippen molar-refractivity contribution in [1.82, 2.24) is 5.32 Å². The van der Waals surface area contributed by atoms with Gasteiger partial charge in [0.25, 0.3) is 0 Å². The number of aliphatic hydroxyl groups excluding tert-OH is 1. The summed E-state index contributed by atoms with van der Waals surface area (Å²) in [4.78, 5) is 12.0. The lowest BCUT2D eigenvalue weighted by molar-refractivity contribution is 0.134. The van der Waals surface area contributed by atoms with E-state index < -0.39 is 12.2 Å². The quantitative estimate of drug-likeness (QED) is 0.750. The first kappa shape index (κ1) is 18.0. The highest BCUT2D eigenvalue weighted by atomic mass is 16.5. The molecule has 1 aliphatic rings. The normalized spacial score (nSPS) is 13.4. The summed E-state index contributed by atoms with van der Waals surface area (Å²) in [5.41, 5.74) is 4.78. The summed E-state index contributed by atoms with van der Waals surface area (Å²) in [6, 6.07) is 16.4. The topological polar surface area (TPSA) is 58.6 Å². The second-order valence-electron chi connectivity index (χ2n) is 6.44. The number of rotatable bonds is 7. The zero-order chi connectivity index (χ0) is 18.4. The maximum Gasteiger partial charge on any atom is 0.407 e. The molecule has 0 aromatic heterocycles. The Morgan fingerprint density at radius 3 is 2.35 bits per heavy atom. The molecule has 4 heteroatoms. The summed E-state index contributed by atoms with van der Waals surface area (Å²) < 4.78 is 5.44. The van der Waals surface area contributed by atoms with Crippen LogP contribution in [0.25, 0.3) is 11.1 Å². The largest absolute Gasteiger partial charge is 0.449 e. The molecule has 0 spiro atoms. The molecule has 2 aromatic rings. The van der Waals surface area contributed by atoms with Crippen molar-refractivity contribution in [2.45, 2.75) is 31.3 Å². The van der Waals surface area contributed by atoms with E-state index in [-0.39, 0.29) is 5.92 Å². The molecule has 0 saturated carbocycles. The fourth-order valence-electron chi connectivity index (χ4n) is 3.38. The molecule has 1 atom stereocenters. The average molecular weight is 349 g/mol. The highest BCUT2D eigenvalue weighted by Crippen LogP contribution is 2.44. The van der Waals surface area contributed by atoms with Gasteiger partial charge >= 0.3 is 6.09 Å². The van der Waals surface area contributed by atoms with Crippen molar-refractivity contribution in [3.05, 3.63) is 59.7 Å². The zero-order valence-corrected chi connectivity index (χ0v) is 14.7. The standard InChI is InChI=1S/C22H23NO3/c1-2-3-8-16(24)13-14-23-22(25)26-15-21-19-11-6-4-9-17(19)18-10-5-7-12-20(18)21/h1,4-7,9-12,16,21,24H,3,8,13-15H2,(H,23,25). The van der Waals surface area contributed by atoms with Gasteiger partial charge in [-0.25, -0.2) is 4.79 Å². The van der Waals surface area contributed by atoms with Gasteiger partial charge in [-0.2, -0.15) is 0 Å². The van der Waals surface area contributed by atoms with Crippen LogP contribution in [0.15, 0.2) is 48.5 Å². The van der Waals surface area contributed by atoms with E-state index in [1.807, 2.05) is 24.3 Å². The summed E-state index contributed by atoms with van der Waals surface area (Å²) in [6.07, 6.45) is 5.75. The van der Waals surface area contributed by atoms with Crippen molar-refractivity contribution in [1.29, 1.82) is 0 Å². The van der Waals surface area contributed by atoms with Crippen LogP contribution in [0.2, 0.25) is 0 Å². The van der Waals surface area contributed by atoms with Crippen molar-refractivity contribution in [2.75, 3.05) is 13.2 Å². The molecule has 2 N–H and O–H groups in total. The van der Waals surface area contributed by atoms with E-state index in [4.69, 9.17) is 11.2 Å². The Kier molecular flexibility index (Phi) is 5.93. The van der Waals surface area contributed by atoms with E-state index in [1.165, 1.54) is 22.3 Å². The molecule has 2 aromatic carbocycles. The summed E-state index contributed by atoms with van der Waals surface area (Å²) in [7, 11) is 0. The highest BCUT2D eigenvalue weighted by Gasteiger charge is 2.28. The molecule has 1 amide bonds. The minimum atomic E-state index is -0.500. The van der Waals surface area contributed by atoms with E-state index in [0.29, 0.717) is 32.4 Å². The molecular formula is C22H23NO3. The van der Waals surface area contributed by atoms with Crippen LogP contribution in [-0.4, -0.2) is 30.5 Å². The van der Waals surface area contributed by atoms with Crippen LogP contribution in [0.1, 0.15) is 36.3 Å². The number of carbonyl (C=O) groups excluding carboxylic acids is 1. The van der Waals surface area contributed by atoms with Crippen molar-refractivity contribution < 1.29 is 14.6 Å². The Labute approximate surface area is 154 Å². The fraction of sp³-hybridized carbons (Fsp3) is 0.318. The number of hydrogen-bond acceptors (Lipinski definition) is 3. The van der Waals surface area contributed by atoms with Gasteiger partial charge in [-0.15, -0.1) is 12.3 Å². The Balaban J connectivity index is 1.53. The van der Waals surface area contributed by atoms with Gasteiger partial charge in [0, 0.05) is 18.9 Å². The Hall–Kier alpha value is -2.77. The van der Waals surface area contributed by atoms with Gasteiger partial charge in [0.15, 0.2) is 0 Å². The number of terminal acetylenes is 1. The lowest BCUT2D eigenvalue weighted by atomic mass is 9.98. The van der Waals surface area contributed by atoms with Gasteiger partial charge in [0.1, 0.15) is 6.61 Å². The van der Waals surface area contributed by atoms with Crippen LogP contribution >= 0.6 is 0 Å². The van der Waals surface area contributed by atoms with Gasteiger partial charge in [0.05, 0.1) is 6.10 Å². The summed E-state index contributed by atoms with van der Waals surface area (Å²) in [6.45, 7) is 0.655. The molecule has 3 rings (SSSR count). The van der Waals surface area contributed by atoms with Gasteiger partial charge in [-0.3, -0.25) is 0 Å². The van der Waals surface area contributed by atoms with Crippen LogP contribution < -0.4 is 5.32 Å². The number of alkyl carbamates (subject to hydrolysis) is 1. The number of aliphatic hydroxyl groups is 1. The molecule has 4 nitrogen and oxygen atoms in total. The first-order chi connectivity index (χ1) is 12.7. The molecular weight excluding hydrogens is 326 g/mol. The molecule has 1 aliphatic carbocycles. The number of fused-ring (bicyclic) bond motifs is 3. The van der Waals surface area contributed by atoms with E-state index >= 15 is 0 Å². The summed E-state index contributed by atoms with van der Waals surface area (Å²) >= 11 is 0. The monoisotopic (exact) mass is 349 g/mol. The minimum Gasteiger partial charge on any atom is -0.449 e. The first-order valence-electron chi connectivity index (χ1n) is 8.91. The lowest BCUT2D eigenvalue weighted by Crippen LogP contribution is -2.29. The van der Waals surface area contributed by atoms with E-state index in [0.717, 1.165) is 0 Å². The van der Waals surface area contributed by atoms with Gasteiger partial charge in [0.2, 0.25) is 0 Å². The predicted octanol–water partition coefficient (Wildman–Crippen LogP) is 3.69. The third-order valence-corrected chi connectivity index (χ3v) is 4.71. The molecule has 134 valence electrons. The maximum absolute atomic E-state index is 12.0. The average Bonchev–Trinajstić information content (AvgIpc) is 2.99. The summed E-state index contributed by atoms with van der Waals surface area (Å²) in [5, 5.41) is 12.4. The Morgan fingerprint density at radius 2 is 1.73 bits per heavy atom. The van der Waals surface area contributed by atoms with Crippen LogP contribution in [-0.2, 0) is 4.74 Å². The number of ether oxygens (including phenoxy) is 1. The predicted molar refractivity (Wildman–Crippen MR) is 102 cm³/mol. The molecule has 0 radical (unpaired) electrons. The molecule has 1 unspecified atom stereocenters. The fourth-order valence-corrected chi connectivity index (χ4v) is 3.38. The smallest absolute Gasteiger partial charge is 0.407 e. The van der Waals surface area contributed by atoms with Crippen LogP contribution in [0.4, 0.5) is 4.79 Å². The molecule has 0 bridgehead atoms. The molecule has 0 fully saturated rings. The number of hydrogen-bond donors (Lipinski definition) is 2. The zero-order valence-electron chi connectivity index (χ0n) is 14.7. The van der Waals surface area contributed by atoms with Gasteiger partial charge in [-0.1, -0.05) is 48.5 Å². The summed E-state index contributed by atoms with van der Waals surface area (Å²) in [5.74, 6) is 2.54. The van der Waals surface area contributed by atoms with Crippen LogP contribution in [0.5, 0.6) is 0 Å². The molecule has 0 aliphatic heterocycles. The minimum absolute atomic E-state index is 0.0503. The van der Waals surface area contributed by atoms with E-state index in [1.54, 1.807) is 0 Å². The van der Waals surface area contributed by atoms with Crippen molar-refractivity contribution in [3.8, 4) is 23.5 Å². The lowest BCUT2D eigenvalue weighted by Gasteiger charge is -2.15. The molecule has 0 saturated heterocycles. The van der Waals surface area contributed by atoms with E-state index in [9.17, 15) is 9.90 Å².